The number of carbonyl (C=O) groups excluding carboxylic acids is 4. The first kappa shape index (κ1) is 33.3. The minimum Gasteiger partial charge on any atom is -0.467 e. The number of anilines is 1. The molecule has 0 aliphatic carbocycles. The molecule has 14 heteroatoms. The Kier molecular flexibility index (Phi) is 10.7. The van der Waals surface area contributed by atoms with E-state index in [-0.39, 0.29) is 37.3 Å². The number of likely N-dealkylation sites (N-methyl/N-ethyl adjacent to an activating group) is 1. The van der Waals surface area contributed by atoms with Crippen molar-refractivity contribution in [3.63, 3.8) is 0 Å². The minimum atomic E-state index is -1.95. The number of piperidine rings is 1. The van der Waals surface area contributed by atoms with Crippen molar-refractivity contribution in [1.29, 1.82) is 5.26 Å². The lowest BCUT2D eigenvalue weighted by molar-refractivity contribution is -0.171. The average molecular weight is 599 g/mol. The maximum Gasteiger partial charge on any atom is 0.338 e. The summed E-state index contributed by atoms with van der Waals surface area (Å²) in [5.74, 6) is -1.02. The van der Waals surface area contributed by atoms with Crippen LogP contribution in [0.3, 0.4) is 0 Å². The zero-order valence-electron chi connectivity index (χ0n) is 25.8. The van der Waals surface area contributed by atoms with Gasteiger partial charge < -0.3 is 30.3 Å². The van der Waals surface area contributed by atoms with Crippen LogP contribution in [0.15, 0.2) is 18.6 Å². The highest BCUT2D eigenvalue weighted by atomic mass is 16.6. The monoisotopic (exact) mass is 598 g/mol. The molecule has 1 fully saturated rings. The number of unbranched alkanes of at least 4 members (excludes halogenated alkanes) is 1. The second-order valence-corrected chi connectivity index (χ2v) is 11.9. The van der Waals surface area contributed by atoms with Gasteiger partial charge in [-0.05, 0) is 58.4 Å². The summed E-state index contributed by atoms with van der Waals surface area (Å²) >= 11 is 0. The smallest absolute Gasteiger partial charge is 0.338 e. The fraction of sp³-hybridized carbons (Fsp3) is 0.621. The summed E-state index contributed by atoms with van der Waals surface area (Å²) in [5, 5.41) is 12.4. The van der Waals surface area contributed by atoms with Crippen LogP contribution in [0.25, 0.3) is 11.0 Å². The number of hydrogen-bond donors (Lipinski definition) is 2. The van der Waals surface area contributed by atoms with Gasteiger partial charge in [0.2, 0.25) is 11.4 Å². The molecule has 0 aromatic carbocycles. The normalized spacial score (nSPS) is 18.3. The molecule has 2 aromatic heterocycles. The van der Waals surface area contributed by atoms with Crippen molar-refractivity contribution in [2.75, 3.05) is 38.7 Å². The summed E-state index contributed by atoms with van der Waals surface area (Å²) < 4.78 is 11.5. The van der Waals surface area contributed by atoms with E-state index in [9.17, 15) is 19.2 Å². The number of rotatable bonds is 10. The molecule has 0 saturated carbocycles. The van der Waals surface area contributed by atoms with Crippen LogP contribution in [0, 0.1) is 17.2 Å². The Hall–Kier alpha value is -4.25. The highest BCUT2D eigenvalue weighted by molar-refractivity contribution is 6.04. The van der Waals surface area contributed by atoms with Gasteiger partial charge in [-0.25, -0.2) is 24.4 Å². The molecule has 1 aliphatic heterocycles. The molecular formula is C29H42N8O6. The lowest BCUT2D eigenvalue weighted by Crippen LogP contribution is -2.57. The first-order valence-corrected chi connectivity index (χ1v) is 14.3. The number of methoxy groups -OCH3 is 1. The van der Waals surface area contributed by atoms with E-state index in [1.807, 2.05) is 18.0 Å². The average Bonchev–Trinajstić information content (AvgIpc) is 3.40. The molecule has 14 nitrogen and oxygen atoms in total. The molecule has 3 N–H and O–H groups in total. The van der Waals surface area contributed by atoms with Crippen molar-refractivity contribution in [1.82, 2.24) is 24.8 Å². The molecular weight excluding hydrogens is 556 g/mol. The summed E-state index contributed by atoms with van der Waals surface area (Å²) in [7, 11) is 3.06. The Morgan fingerprint density at radius 2 is 1.93 bits per heavy atom. The van der Waals surface area contributed by atoms with Crippen molar-refractivity contribution in [2.45, 2.75) is 77.0 Å². The number of carbonyl (C=O) groups is 4. The summed E-state index contributed by atoms with van der Waals surface area (Å²) in [6.07, 6.45) is 4.43. The van der Waals surface area contributed by atoms with Crippen LogP contribution in [0.4, 0.5) is 10.6 Å². The van der Waals surface area contributed by atoms with Gasteiger partial charge >= 0.3 is 18.0 Å². The molecule has 2 aromatic rings. The number of nitrogens with zero attached hydrogens (tertiary/aromatic N) is 6. The topological polar surface area (TPSA) is 186 Å². The minimum absolute atomic E-state index is 0.0149. The first-order valence-electron chi connectivity index (χ1n) is 14.3. The lowest BCUT2D eigenvalue weighted by Gasteiger charge is -2.42. The van der Waals surface area contributed by atoms with Crippen molar-refractivity contribution in [3.05, 3.63) is 18.6 Å². The van der Waals surface area contributed by atoms with Crippen LogP contribution >= 0.6 is 0 Å². The molecule has 0 bridgehead atoms. The van der Waals surface area contributed by atoms with E-state index in [0.29, 0.717) is 42.8 Å². The van der Waals surface area contributed by atoms with E-state index in [4.69, 9.17) is 20.5 Å². The quantitative estimate of drug-likeness (QED) is 0.231. The van der Waals surface area contributed by atoms with Gasteiger partial charge in [0.15, 0.2) is 5.65 Å². The lowest BCUT2D eigenvalue weighted by atomic mass is 9.92. The van der Waals surface area contributed by atoms with Gasteiger partial charge in [0.05, 0.1) is 24.6 Å². The highest BCUT2D eigenvalue weighted by Gasteiger charge is 2.45. The Morgan fingerprint density at radius 3 is 2.58 bits per heavy atom. The third-order valence-corrected chi connectivity index (χ3v) is 7.60. The molecule has 3 rings (SSSR count). The number of amides is 2. The summed E-state index contributed by atoms with van der Waals surface area (Å²) in [5.41, 5.74) is 3.78. The molecule has 3 atom stereocenters. The van der Waals surface area contributed by atoms with Gasteiger partial charge in [-0.3, -0.25) is 9.36 Å². The highest BCUT2D eigenvalue weighted by Crippen LogP contribution is 2.29. The molecule has 2 amide bonds. The first-order chi connectivity index (χ1) is 20.2. The number of ether oxygens (including phenoxy) is 2. The van der Waals surface area contributed by atoms with Crippen LogP contribution in [0.1, 0.15) is 59.8 Å². The van der Waals surface area contributed by atoms with Crippen molar-refractivity contribution >= 4 is 40.7 Å². The zero-order chi connectivity index (χ0) is 31.9. The van der Waals surface area contributed by atoms with E-state index in [0.717, 1.165) is 13.5 Å². The summed E-state index contributed by atoms with van der Waals surface area (Å²) in [6, 6.07) is 3.26. The molecule has 1 saturated heterocycles. The molecule has 43 heavy (non-hydrogen) atoms. The number of fused-ring (bicyclic) bond motifs is 1. The van der Waals surface area contributed by atoms with Crippen LogP contribution in [0.2, 0.25) is 0 Å². The van der Waals surface area contributed by atoms with Crippen LogP contribution < -0.4 is 16.0 Å². The standard InChI is InChI=1S/C29H42N8O6/c1-19-10-15-36(22(38)9-13-30)17-21(19)35(5)23-20-11-16-37(24(20)34-18-33-23)27(41)32-14-8-7-12-29(31,25(39)42-6)26(40)43-28(2,3)4/h11,16,18-19,21H,7-10,12,14-15,17,31H2,1-6H3,(H,32,41)/t19-,21+,29+/m1/s1. The second-order valence-electron chi connectivity index (χ2n) is 11.9. The number of aromatic nitrogens is 3. The Morgan fingerprint density at radius 1 is 1.21 bits per heavy atom. The molecule has 1 aliphatic rings. The third kappa shape index (κ3) is 7.78. The van der Waals surface area contributed by atoms with Gasteiger partial charge in [0.25, 0.3) is 0 Å². The van der Waals surface area contributed by atoms with E-state index in [2.05, 4.69) is 22.2 Å². The van der Waals surface area contributed by atoms with Crippen LogP contribution in [-0.4, -0.2) is 94.3 Å². The molecule has 234 valence electrons. The Balaban J connectivity index is 1.64. The van der Waals surface area contributed by atoms with Gasteiger partial charge in [-0.2, -0.15) is 5.26 Å². The number of nitriles is 1. The summed E-state index contributed by atoms with van der Waals surface area (Å²) in [6.45, 7) is 8.50. The number of hydrogen-bond acceptors (Lipinski definition) is 11. The van der Waals surface area contributed by atoms with Crippen molar-refractivity contribution in [3.8, 4) is 6.07 Å². The molecule has 0 unspecified atom stereocenters. The van der Waals surface area contributed by atoms with Gasteiger partial charge in [0, 0.05) is 32.9 Å². The fourth-order valence-corrected chi connectivity index (χ4v) is 5.15. The zero-order valence-corrected chi connectivity index (χ0v) is 25.8. The largest absolute Gasteiger partial charge is 0.467 e. The maximum absolute atomic E-state index is 13.0. The molecule has 0 radical (unpaired) electrons. The number of likely N-dealkylation sites (tertiary alicyclic amines) is 1. The second kappa shape index (κ2) is 13.8. The summed E-state index contributed by atoms with van der Waals surface area (Å²) in [4.78, 5) is 62.9. The number of esters is 2. The van der Waals surface area contributed by atoms with Crippen LogP contribution in [0.5, 0.6) is 0 Å². The van der Waals surface area contributed by atoms with Gasteiger partial charge in [-0.1, -0.05) is 6.92 Å². The molecule has 3 heterocycles. The predicted molar refractivity (Wildman–Crippen MR) is 158 cm³/mol. The Labute approximate surface area is 251 Å². The van der Waals surface area contributed by atoms with E-state index >= 15 is 0 Å². The van der Waals surface area contributed by atoms with E-state index < -0.39 is 29.1 Å². The van der Waals surface area contributed by atoms with Crippen molar-refractivity contribution < 1.29 is 28.7 Å². The maximum atomic E-state index is 13.0. The van der Waals surface area contributed by atoms with Gasteiger partial charge in [0.1, 0.15) is 24.2 Å². The van der Waals surface area contributed by atoms with E-state index in [1.54, 1.807) is 37.9 Å². The van der Waals surface area contributed by atoms with E-state index in [1.165, 1.54) is 10.9 Å². The SMILES string of the molecule is COC(=O)[C@@](N)(CCCCNC(=O)n1ccc2c(N(C)[C@H]3CN(C(=O)CC#N)CC[C@H]3C)ncnc21)C(=O)OC(C)(C)C. The number of nitrogens with one attached hydrogen (secondary N) is 1. The Bertz CT molecular complexity index is 1380. The predicted octanol–water partition coefficient (Wildman–Crippen LogP) is 1.96. The van der Waals surface area contributed by atoms with Crippen LogP contribution in [-0.2, 0) is 23.9 Å². The fourth-order valence-electron chi connectivity index (χ4n) is 5.15. The van der Waals surface area contributed by atoms with Crippen molar-refractivity contribution in [2.24, 2.45) is 11.7 Å². The molecule has 0 spiro atoms. The number of nitrogens with two attached hydrogens (primary N) is 1. The third-order valence-electron chi connectivity index (χ3n) is 7.60. The van der Waals surface area contributed by atoms with Gasteiger partial charge in [-0.15, -0.1) is 0 Å².